The zero-order valence-corrected chi connectivity index (χ0v) is 16.5. The predicted octanol–water partition coefficient (Wildman–Crippen LogP) is 4.21. The monoisotopic (exact) mass is 406 g/mol. The summed E-state index contributed by atoms with van der Waals surface area (Å²) in [6.45, 7) is 6.66. The summed E-state index contributed by atoms with van der Waals surface area (Å²) in [5.41, 5.74) is 2.77. The van der Waals surface area contributed by atoms with Gasteiger partial charge >= 0.3 is 0 Å². The first-order valence-corrected chi connectivity index (χ1v) is 10.0. The molecule has 1 aromatic carbocycles. The van der Waals surface area contributed by atoms with E-state index >= 15 is 0 Å². The average Bonchev–Trinajstić information content (AvgIpc) is 2.98. The quantitative estimate of drug-likeness (QED) is 0.806. The van der Waals surface area contributed by atoms with Crippen LogP contribution in [0.1, 0.15) is 29.9 Å². The van der Waals surface area contributed by atoms with E-state index in [4.69, 9.17) is 0 Å². The van der Waals surface area contributed by atoms with Gasteiger partial charge in [-0.3, -0.25) is 9.69 Å². The second kappa shape index (κ2) is 7.81. The number of carbonyl (C=O) groups excluding carboxylic acids is 1. The molecular formula is C19H23BrN2OS. The zero-order valence-electron chi connectivity index (χ0n) is 14.1. The Morgan fingerprint density at radius 1 is 1.33 bits per heavy atom. The van der Waals surface area contributed by atoms with Crippen molar-refractivity contribution in [3.8, 4) is 0 Å². The fourth-order valence-electron chi connectivity index (χ4n) is 3.37. The highest BCUT2D eigenvalue weighted by molar-refractivity contribution is 9.10. The number of hydrogen-bond donors (Lipinski definition) is 1. The fraction of sp³-hybridized carbons (Fsp3) is 0.421. The molecule has 0 saturated heterocycles. The van der Waals surface area contributed by atoms with Gasteiger partial charge in [-0.05, 0) is 45.5 Å². The molecule has 2 aromatic rings. The summed E-state index contributed by atoms with van der Waals surface area (Å²) in [4.78, 5) is 16.3. The molecule has 1 amide bonds. The van der Waals surface area contributed by atoms with Gasteiger partial charge in [-0.2, -0.15) is 0 Å². The van der Waals surface area contributed by atoms with Crippen molar-refractivity contribution in [2.24, 2.45) is 5.92 Å². The van der Waals surface area contributed by atoms with Crippen LogP contribution in [-0.2, 0) is 24.3 Å². The summed E-state index contributed by atoms with van der Waals surface area (Å²) in [6.07, 6.45) is 1.02. The Kier molecular flexibility index (Phi) is 5.74. The number of rotatable bonds is 5. The Morgan fingerprint density at radius 3 is 2.75 bits per heavy atom. The highest BCUT2D eigenvalue weighted by Gasteiger charge is 2.31. The molecule has 0 aliphatic carbocycles. The average molecular weight is 407 g/mol. The first-order valence-electron chi connectivity index (χ1n) is 8.36. The number of nitrogens with one attached hydrogen (secondary N) is 1. The van der Waals surface area contributed by atoms with Crippen molar-refractivity contribution >= 4 is 33.2 Å². The van der Waals surface area contributed by atoms with E-state index in [-0.39, 0.29) is 17.9 Å². The largest absolute Gasteiger partial charge is 0.350 e. The van der Waals surface area contributed by atoms with Crippen LogP contribution in [0.4, 0.5) is 0 Å². The molecule has 1 atom stereocenters. The van der Waals surface area contributed by atoms with Gasteiger partial charge in [0.2, 0.25) is 5.91 Å². The number of amides is 1. The van der Waals surface area contributed by atoms with Crippen LogP contribution >= 0.6 is 27.3 Å². The summed E-state index contributed by atoms with van der Waals surface area (Å²) in [7, 11) is 0. The van der Waals surface area contributed by atoms with Gasteiger partial charge in [0.15, 0.2) is 0 Å². The summed E-state index contributed by atoms with van der Waals surface area (Å²) in [5, 5.41) is 5.17. The second-order valence-electron chi connectivity index (χ2n) is 6.63. The van der Waals surface area contributed by atoms with Gasteiger partial charge in [-0.1, -0.05) is 38.1 Å². The van der Waals surface area contributed by atoms with Gasteiger partial charge in [-0.15, -0.1) is 11.3 Å². The molecule has 0 radical (unpaired) electrons. The lowest BCUT2D eigenvalue weighted by Gasteiger charge is -2.36. The molecule has 1 aliphatic rings. The third-order valence-corrected chi connectivity index (χ3v) is 6.21. The smallest absolute Gasteiger partial charge is 0.237 e. The Balaban J connectivity index is 1.67. The lowest BCUT2D eigenvalue weighted by atomic mass is 9.94. The van der Waals surface area contributed by atoms with E-state index in [1.807, 2.05) is 5.38 Å². The molecule has 0 bridgehead atoms. The second-order valence-corrected chi connectivity index (χ2v) is 8.54. The topological polar surface area (TPSA) is 32.3 Å². The van der Waals surface area contributed by atoms with Crippen LogP contribution in [-0.4, -0.2) is 23.4 Å². The van der Waals surface area contributed by atoms with Crippen molar-refractivity contribution in [1.82, 2.24) is 10.2 Å². The Hall–Kier alpha value is -1.17. The van der Waals surface area contributed by atoms with Gasteiger partial charge in [0.25, 0.3) is 0 Å². The first kappa shape index (κ1) is 17.6. The van der Waals surface area contributed by atoms with Crippen molar-refractivity contribution in [3.63, 3.8) is 0 Å². The summed E-state index contributed by atoms with van der Waals surface area (Å²) in [6, 6.07) is 10.5. The first-order chi connectivity index (χ1) is 11.5. The molecule has 2 heterocycles. The number of carbonyl (C=O) groups is 1. The number of halogens is 1. The SMILES string of the molecule is CC(C)[C@@H](C(=O)NCc1cc(Br)cs1)N1CCc2ccccc2C1. The molecule has 1 aliphatic heterocycles. The fourth-order valence-corrected chi connectivity index (χ4v) is 4.76. The standard InChI is InChI=1S/C19H23BrN2OS/c1-13(2)18(19(23)21-10-17-9-16(20)12-24-17)22-8-7-14-5-3-4-6-15(14)11-22/h3-6,9,12-13,18H,7-8,10-11H2,1-2H3,(H,21,23)/t18-/m0/s1. The van der Waals surface area contributed by atoms with Crippen LogP contribution in [0.15, 0.2) is 40.2 Å². The molecule has 0 spiro atoms. The van der Waals surface area contributed by atoms with Crippen molar-refractivity contribution in [2.75, 3.05) is 6.54 Å². The summed E-state index contributed by atoms with van der Waals surface area (Å²) < 4.78 is 1.07. The lowest BCUT2D eigenvalue weighted by molar-refractivity contribution is -0.128. The van der Waals surface area contributed by atoms with Gasteiger partial charge in [0.1, 0.15) is 0 Å². The van der Waals surface area contributed by atoms with E-state index in [2.05, 4.69) is 70.3 Å². The molecule has 1 N–H and O–H groups in total. The zero-order chi connectivity index (χ0) is 17.1. The van der Waals surface area contributed by atoms with Crippen LogP contribution in [0.2, 0.25) is 0 Å². The maximum Gasteiger partial charge on any atom is 0.237 e. The van der Waals surface area contributed by atoms with Crippen molar-refractivity contribution in [2.45, 2.75) is 39.4 Å². The molecule has 128 valence electrons. The van der Waals surface area contributed by atoms with E-state index in [9.17, 15) is 4.79 Å². The molecule has 3 nitrogen and oxygen atoms in total. The van der Waals surface area contributed by atoms with Gasteiger partial charge in [-0.25, -0.2) is 0 Å². The normalized spacial score (nSPS) is 16.0. The summed E-state index contributed by atoms with van der Waals surface area (Å²) in [5.74, 6) is 0.416. The van der Waals surface area contributed by atoms with Crippen molar-refractivity contribution in [3.05, 3.63) is 56.2 Å². The van der Waals surface area contributed by atoms with Gasteiger partial charge in [0.05, 0.1) is 12.6 Å². The van der Waals surface area contributed by atoms with E-state index in [1.165, 1.54) is 16.0 Å². The molecule has 1 aromatic heterocycles. The third kappa shape index (κ3) is 4.08. The van der Waals surface area contributed by atoms with E-state index < -0.39 is 0 Å². The maximum atomic E-state index is 12.8. The van der Waals surface area contributed by atoms with Gasteiger partial charge in [0, 0.05) is 27.8 Å². The maximum absolute atomic E-state index is 12.8. The number of hydrogen-bond acceptors (Lipinski definition) is 3. The van der Waals surface area contributed by atoms with Crippen LogP contribution in [0.3, 0.4) is 0 Å². The van der Waals surface area contributed by atoms with Crippen LogP contribution < -0.4 is 5.32 Å². The molecule has 24 heavy (non-hydrogen) atoms. The van der Waals surface area contributed by atoms with Gasteiger partial charge < -0.3 is 5.32 Å². The molecule has 0 fully saturated rings. The van der Waals surface area contributed by atoms with E-state index in [1.54, 1.807) is 11.3 Å². The number of thiophene rings is 1. The molecule has 0 unspecified atom stereocenters. The molecule has 3 rings (SSSR count). The molecule has 5 heteroatoms. The lowest BCUT2D eigenvalue weighted by Crippen LogP contribution is -2.51. The molecule has 0 saturated carbocycles. The highest BCUT2D eigenvalue weighted by Crippen LogP contribution is 2.24. The highest BCUT2D eigenvalue weighted by atomic mass is 79.9. The van der Waals surface area contributed by atoms with Crippen LogP contribution in [0, 0.1) is 5.92 Å². The van der Waals surface area contributed by atoms with Crippen molar-refractivity contribution in [1.29, 1.82) is 0 Å². The Bertz CT molecular complexity index is 713. The van der Waals surface area contributed by atoms with Crippen molar-refractivity contribution < 1.29 is 4.79 Å². The third-order valence-electron chi connectivity index (χ3n) is 4.51. The van der Waals surface area contributed by atoms with Crippen LogP contribution in [0.5, 0.6) is 0 Å². The Labute approximate surface area is 156 Å². The van der Waals surface area contributed by atoms with E-state index in [0.29, 0.717) is 6.54 Å². The minimum absolute atomic E-state index is 0.0817. The minimum Gasteiger partial charge on any atom is -0.350 e. The predicted molar refractivity (Wildman–Crippen MR) is 103 cm³/mol. The number of nitrogens with zero attached hydrogens (tertiary/aromatic N) is 1. The molecular weight excluding hydrogens is 384 g/mol. The Morgan fingerprint density at radius 2 is 2.08 bits per heavy atom. The van der Waals surface area contributed by atoms with E-state index in [0.717, 1.165) is 24.0 Å². The number of fused-ring (bicyclic) bond motifs is 1. The number of benzene rings is 1. The summed E-state index contributed by atoms with van der Waals surface area (Å²) >= 11 is 5.12. The minimum atomic E-state index is -0.0817. The van der Waals surface area contributed by atoms with Crippen LogP contribution in [0.25, 0.3) is 0 Å².